The molecule has 0 saturated carbocycles. The second kappa shape index (κ2) is 8.77. The summed E-state index contributed by atoms with van der Waals surface area (Å²) in [7, 11) is 4.04. The lowest BCUT2D eigenvalue weighted by molar-refractivity contribution is 0.102. The average Bonchev–Trinajstić information content (AvgIpc) is 3.09. The fourth-order valence-electron chi connectivity index (χ4n) is 2.74. The molecule has 1 amide bonds. The Labute approximate surface area is 164 Å². The second-order valence-corrected chi connectivity index (χ2v) is 7.39. The molecule has 27 heavy (non-hydrogen) atoms. The van der Waals surface area contributed by atoms with E-state index in [1.807, 2.05) is 44.4 Å². The van der Waals surface area contributed by atoms with Crippen LogP contribution in [0.5, 0.6) is 0 Å². The van der Waals surface area contributed by atoms with Crippen LogP contribution < -0.4 is 10.2 Å². The number of benzene rings is 2. The van der Waals surface area contributed by atoms with E-state index in [0.717, 1.165) is 17.0 Å². The van der Waals surface area contributed by atoms with E-state index in [-0.39, 0.29) is 5.91 Å². The molecule has 3 aromatic rings. The Morgan fingerprint density at radius 2 is 1.70 bits per heavy atom. The van der Waals surface area contributed by atoms with Crippen LogP contribution in [-0.2, 0) is 12.3 Å². The monoisotopic (exact) mass is 380 g/mol. The van der Waals surface area contributed by atoms with Gasteiger partial charge in [0.05, 0.1) is 12.7 Å². The van der Waals surface area contributed by atoms with Crippen molar-refractivity contribution in [3.8, 4) is 0 Å². The molecule has 0 aliphatic heterocycles. The highest BCUT2D eigenvalue weighted by Crippen LogP contribution is 2.16. The molecule has 1 aromatic heterocycles. The molecule has 0 atom stereocenters. The number of carbonyl (C=O) groups is 1. The minimum absolute atomic E-state index is 0.129. The van der Waals surface area contributed by atoms with Crippen LogP contribution in [0.2, 0.25) is 0 Å². The molecule has 0 unspecified atom stereocenters. The van der Waals surface area contributed by atoms with Crippen molar-refractivity contribution in [3.63, 3.8) is 0 Å². The number of nitrogens with zero attached hydrogens (tertiary/aromatic N) is 3. The van der Waals surface area contributed by atoms with Crippen LogP contribution in [0.25, 0.3) is 0 Å². The molecule has 3 rings (SSSR count). The van der Waals surface area contributed by atoms with Gasteiger partial charge in [-0.15, -0.1) is 0 Å². The number of carbonyl (C=O) groups excluding carboxylic acids is 1. The fourth-order valence-corrected chi connectivity index (χ4v) is 3.27. The Morgan fingerprint density at radius 3 is 2.33 bits per heavy atom. The highest BCUT2D eigenvalue weighted by Gasteiger charge is 2.10. The zero-order chi connectivity index (χ0) is 19.2. The van der Waals surface area contributed by atoms with Crippen LogP contribution in [0.3, 0.4) is 0 Å². The molecule has 5 nitrogen and oxygen atoms in total. The van der Waals surface area contributed by atoms with Crippen LogP contribution in [0.15, 0.2) is 60.8 Å². The maximum Gasteiger partial charge on any atom is 0.256 e. The molecule has 0 fully saturated rings. The third-order valence-electron chi connectivity index (χ3n) is 4.27. The van der Waals surface area contributed by atoms with Crippen molar-refractivity contribution in [2.45, 2.75) is 12.3 Å². The van der Waals surface area contributed by atoms with Gasteiger partial charge in [-0.05, 0) is 41.6 Å². The van der Waals surface area contributed by atoms with Crippen molar-refractivity contribution in [1.29, 1.82) is 0 Å². The molecule has 140 valence electrons. The molecule has 6 heteroatoms. The van der Waals surface area contributed by atoms with E-state index in [9.17, 15) is 4.79 Å². The highest BCUT2D eigenvalue weighted by molar-refractivity contribution is 7.97. The van der Waals surface area contributed by atoms with Crippen molar-refractivity contribution in [2.24, 2.45) is 0 Å². The van der Waals surface area contributed by atoms with Crippen LogP contribution in [0, 0.1) is 0 Å². The Bertz CT molecular complexity index is 885. The number of amides is 1. The second-order valence-electron chi connectivity index (χ2n) is 6.52. The number of hydrogen-bond donors (Lipinski definition) is 1. The van der Waals surface area contributed by atoms with E-state index >= 15 is 0 Å². The maximum absolute atomic E-state index is 12.5. The molecule has 0 radical (unpaired) electrons. The predicted octanol–water partition coefficient (Wildman–Crippen LogP) is 4.11. The lowest BCUT2D eigenvalue weighted by atomic mass is 10.1. The first-order valence-corrected chi connectivity index (χ1v) is 10.1. The van der Waals surface area contributed by atoms with Gasteiger partial charge < -0.3 is 10.2 Å². The van der Waals surface area contributed by atoms with E-state index in [1.54, 1.807) is 22.6 Å². The smallest absolute Gasteiger partial charge is 0.256 e. The van der Waals surface area contributed by atoms with E-state index in [2.05, 4.69) is 45.8 Å². The maximum atomic E-state index is 12.5. The highest BCUT2D eigenvalue weighted by atomic mass is 32.2. The third kappa shape index (κ3) is 4.92. The van der Waals surface area contributed by atoms with Gasteiger partial charge in [0, 0.05) is 37.2 Å². The fraction of sp³-hybridized carbons (Fsp3) is 0.238. The first-order valence-electron chi connectivity index (χ1n) is 8.74. The van der Waals surface area contributed by atoms with Gasteiger partial charge in [0.15, 0.2) is 0 Å². The zero-order valence-electron chi connectivity index (χ0n) is 15.8. The zero-order valence-corrected chi connectivity index (χ0v) is 16.7. The lowest BCUT2D eigenvalue weighted by Gasteiger charge is -2.13. The number of nitrogens with one attached hydrogen (secondary N) is 1. The molecule has 0 bridgehead atoms. The van der Waals surface area contributed by atoms with Gasteiger partial charge in [-0.25, -0.2) is 4.68 Å². The summed E-state index contributed by atoms with van der Waals surface area (Å²) in [5.74, 6) is 1.50. The minimum atomic E-state index is -0.129. The first kappa shape index (κ1) is 19.0. The first-order chi connectivity index (χ1) is 13.1. The molecule has 0 aliphatic rings. The summed E-state index contributed by atoms with van der Waals surface area (Å²) in [6.07, 6.45) is 3.77. The Hall–Kier alpha value is -2.73. The van der Waals surface area contributed by atoms with Crippen LogP contribution >= 0.6 is 11.8 Å². The van der Waals surface area contributed by atoms with E-state index in [1.165, 1.54) is 5.56 Å². The number of hydrogen-bond acceptors (Lipinski definition) is 4. The molecule has 0 saturated heterocycles. The van der Waals surface area contributed by atoms with Gasteiger partial charge in [0.25, 0.3) is 5.91 Å². The normalized spacial score (nSPS) is 10.6. The molecule has 2 aromatic carbocycles. The number of thioether (sulfide) groups is 1. The van der Waals surface area contributed by atoms with E-state index < -0.39 is 0 Å². The third-order valence-corrected chi connectivity index (χ3v) is 4.89. The predicted molar refractivity (Wildman–Crippen MR) is 114 cm³/mol. The molecule has 0 aliphatic carbocycles. The van der Waals surface area contributed by atoms with Crippen molar-refractivity contribution in [2.75, 3.05) is 30.6 Å². The van der Waals surface area contributed by atoms with Crippen molar-refractivity contribution in [1.82, 2.24) is 9.78 Å². The minimum Gasteiger partial charge on any atom is -0.378 e. The van der Waals surface area contributed by atoms with Crippen molar-refractivity contribution in [3.05, 3.63) is 77.5 Å². The summed E-state index contributed by atoms with van der Waals surface area (Å²) >= 11 is 1.76. The molecular formula is C21H24N4OS. The summed E-state index contributed by atoms with van der Waals surface area (Å²) < 4.78 is 1.80. The Morgan fingerprint density at radius 1 is 1.04 bits per heavy atom. The topological polar surface area (TPSA) is 50.2 Å². The number of aromatic nitrogens is 2. The molecule has 1 heterocycles. The summed E-state index contributed by atoms with van der Waals surface area (Å²) in [6.45, 7) is 0.600. The summed E-state index contributed by atoms with van der Waals surface area (Å²) in [5, 5.41) is 7.30. The molecule has 1 N–H and O–H groups in total. The van der Waals surface area contributed by atoms with Gasteiger partial charge in [-0.1, -0.05) is 24.3 Å². The van der Waals surface area contributed by atoms with Gasteiger partial charge in [-0.2, -0.15) is 16.9 Å². The van der Waals surface area contributed by atoms with Gasteiger partial charge in [-0.3, -0.25) is 4.79 Å². The standard InChI is InChI=1S/C21H24N4OS/c1-24(2)19-10-6-16(7-11-19)14-25-20(12-13-22-25)23-21(26)18-8-4-17(5-9-18)15-27-3/h4-13H,14-15H2,1-3H3,(H,23,26). The van der Waals surface area contributed by atoms with E-state index in [4.69, 9.17) is 0 Å². The summed E-state index contributed by atoms with van der Waals surface area (Å²) in [4.78, 5) is 14.6. The largest absolute Gasteiger partial charge is 0.378 e. The summed E-state index contributed by atoms with van der Waals surface area (Å²) in [5.41, 5.74) is 4.13. The summed E-state index contributed by atoms with van der Waals surface area (Å²) in [6, 6.07) is 17.8. The lowest BCUT2D eigenvalue weighted by Crippen LogP contribution is -2.16. The van der Waals surface area contributed by atoms with Crippen LogP contribution in [0.4, 0.5) is 11.5 Å². The van der Waals surface area contributed by atoms with Crippen molar-refractivity contribution >= 4 is 29.2 Å². The molecule has 0 spiro atoms. The number of rotatable bonds is 7. The Balaban J connectivity index is 1.68. The SMILES string of the molecule is CSCc1ccc(C(=O)Nc2ccnn2Cc2ccc(N(C)C)cc2)cc1. The van der Waals surface area contributed by atoms with Gasteiger partial charge in [0.2, 0.25) is 0 Å². The van der Waals surface area contributed by atoms with E-state index in [0.29, 0.717) is 17.9 Å². The van der Waals surface area contributed by atoms with Crippen LogP contribution in [0.1, 0.15) is 21.5 Å². The van der Waals surface area contributed by atoms with Gasteiger partial charge >= 0.3 is 0 Å². The van der Waals surface area contributed by atoms with Crippen LogP contribution in [-0.4, -0.2) is 36.0 Å². The Kier molecular flexibility index (Phi) is 6.19. The van der Waals surface area contributed by atoms with Crippen molar-refractivity contribution < 1.29 is 4.79 Å². The quantitative estimate of drug-likeness (QED) is 0.670. The van der Waals surface area contributed by atoms with Gasteiger partial charge in [0.1, 0.15) is 5.82 Å². The number of anilines is 2. The molecular weight excluding hydrogens is 356 g/mol. The average molecular weight is 381 g/mol.